The highest BCUT2D eigenvalue weighted by Gasteiger charge is 2.09. The fourth-order valence-corrected chi connectivity index (χ4v) is 2.72. The van der Waals surface area contributed by atoms with Crippen LogP contribution in [0, 0.1) is 0 Å². The third-order valence-electron chi connectivity index (χ3n) is 3.09. The van der Waals surface area contributed by atoms with E-state index in [9.17, 15) is 9.59 Å². The van der Waals surface area contributed by atoms with Crippen LogP contribution in [0.2, 0.25) is 0 Å². The number of carboxylic acids is 1. The lowest BCUT2D eigenvalue weighted by Gasteiger charge is -2.03. The van der Waals surface area contributed by atoms with Gasteiger partial charge in [-0.1, -0.05) is 45.4 Å². The average molecular weight is 297 g/mol. The zero-order valence-corrected chi connectivity index (χ0v) is 12.8. The summed E-state index contributed by atoms with van der Waals surface area (Å²) in [5, 5.41) is 12.1. The van der Waals surface area contributed by atoms with Crippen LogP contribution in [-0.4, -0.2) is 17.0 Å². The summed E-state index contributed by atoms with van der Waals surface area (Å²) in [6, 6.07) is 3.15. The van der Waals surface area contributed by atoms with E-state index in [-0.39, 0.29) is 10.8 Å². The standard InChI is InChI=1S/C15H23NO3S/c1-2-3-4-5-6-7-8-9-13(17)16-14-11-10-12(20-14)15(18)19/h10-11H,2-9H2,1H3,(H,16,17)(H,18,19). The lowest BCUT2D eigenvalue weighted by Crippen LogP contribution is -2.09. The molecule has 1 aromatic rings. The van der Waals surface area contributed by atoms with E-state index in [1.165, 1.54) is 38.2 Å². The summed E-state index contributed by atoms with van der Waals surface area (Å²) in [5.74, 6) is -0.986. The molecular formula is C15H23NO3S. The summed E-state index contributed by atoms with van der Waals surface area (Å²) < 4.78 is 0. The fourth-order valence-electron chi connectivity index (χ4n) is 1.96. The van der Waals surface area contributed by atoms with E-state index < -0.39 is 5.97 Å². The summed E-state index contributed by atoms with van der Waals surface area (Å²) in [7, 11) is 0. The van der Waals surface area contributed by atoms with Gasteiger partial charge in [0.15, 0.2) is 0 Å². The molecule has 1 aromatic heterocycles. The van der Waals surface area contributed by atoms with Crippen molar-refractivity contribution in [3.05, 3.63) is 17.0 Å². The Balaban J connectivity index is 2.12. The molecule has 0 aliphatic carbocycles. The number of rotatable bonds is 10. The quantitative estimate of drug-likeness (QED) is 0.624. The molecule has 0 spiro atoms. The van der Waals surface area contributed by atoms with Crippen molar-refractivity contribution < 1.29 is 14.7 Å². The van der Waals surface area contributed by atoms with Crippen molar-refractivity contribution >= 4 is 28.2 Å². The number of carbonyl (C=O) groups is 2. The Kier molecular flexibility index (Phi) is 7.95. The first-order chi connectivity index (χ1) is 9.63. The van der Waals surface area contributed by atoms with E-state index in [2.05, 4.69) is 12.2 Å². The number of hydrogen-bond acceptors (Lipinski definition) is 3. The average Bonchev–Trinajstić information content (AvgIpc) is 2.86. The molecule has 0 saturated heterocycles. The van der Waals surface area contributed by atoms with Gasteiger partial charge in [0.2, 0.25) is 5.91 Å². The Hall–Kier alpha value is -1.36. The number of nitrogens with one attached hydrogen (secondary N) is 1. The Morgan fingerprint density at radius 3 is 2.35 bits per heavy atom. The second-order valence-corrected chi connectivity index (χ2v) is 5.97. The first-order valence-electron chi connectivity index (χ1n) is 7.26. The van der Waals surface area contributed by atoms with E-state index in [1.807, 2.05) is 0 Å². The molecule has 0 unspecified atom stereocenters. The largest absolute Gasteiger partial charge is 0.477 e. The lowest BCUT2D eigenvalue weighted by atomic mass is 10.1. The number of carbonyl (C=O) groups excluding carboxylic acids is 1. The first-order valence-corrected chi connectivity index (χ1v) is 8.08. The van der Waals surface area contributed by atoms with E-state index in [0.29, 0.717) is 11.4 Å². The van der Waals surface area contributed by atoms with Gasteiger partial charge in [-0.2, -0.15) is 0 Å². The van der Waals surface area contributed by atoms with Crippen molar-refractivity contribution in [1.82, 2.24) is 0 Å². The minimum Gasteiger partial charge on any atom is -0.477 e. The van der Waals surface area contributed by atoms with Crippen LogP contribution >= 0.6 is 11.3 Å². The monoisotopic (exact) mass is 297 g/mol. The van der Waals surface area contributed by atoms with Crippen molar-refractivity contribution in [2.75, 3.05) is 5.32 Å². The van der Waals surface area contributed by atoms with Gasteiger partial charge in [-0.05, 0) is 18.6 Å². The van der Waals surface area contributed by atoms with Gasteiger partial charge < -0.3 is 10.4 Å². The van der Waals surface area contributed by atoms with Crippen LogP contribution in [0.15, 0.2) is 12.1 Å². The van der Waals surface area contributed by atoms with Crippen molar-refractivity contribution in [1.29, 1.82) is 0 Å². The zero-order valence-electron chi connectivity index (χ0n) is 12.0. The second-order valence-electron chi connectivity index (χ2n) is 4.89. The van der Waals surface area contributed by atoms with Gasteiger partial charge >= 0.3 is 5.97 Å². The van der Waals surface area contributed by atoms with E-state index in [4.69, 9.17) is 5.11 Å². The van der Waals surface area contributed by atoms with E-state index in [0.717, 1.165) is 24.2 Å². The summed E-state index contributed by atoms with van der Waals surface area (Å²) in [5.41, 5.74) is 0. The van der Waals surface area contributed by atoms with E-state index in [1.54, 1.807) is 6.07 Å². The predicted octanol–water partition coefficient (Wildman–Crippen LogP) is 4.53. The third kappa shape index (κ3) is 6.70. The molecule has 2 N–H and O–H groups in total. The molecule has 1 amide bonds. The summed E-state index contributed by atoms with van der Waals surface area (Å²) >= 11 is 1.09. The number of anilines is 1. The van der Waals surface area contributed by atoms with Gasteiger partial charge in [0.05, 0.1) is 5.00 Å². The van der Waals surface area contributed by atoms with Gasteiger partial charge in [-0.3, -0.25) is 4.79 Å². The van der Waals surface area contributed by atoms with E-state index >= 15 is 0 Å². The van der Waals surface area contributed by atoms with Crippen LogP contribution in [0.1, 0.15) is 68.0 Å². The molecule has 1 heterocycles. The van der Waals surface area contributed by atoms with Crippen molar-refractivity contribution in [3.8, 4) is 0 Å². The van der Waals surface area contributed by atoms with Crippen LogP contribution in [0.25, 0.3) is 0 Å². The predicted molar refractivity (Wildman–Crippen MR) is 82.5 cm³/mol. The number of aromatic carboxylic acids is 1. The van der Waals surface area contributed by atoms with Crippen molar-refractivity contribution in [2.24, 2.45) is 0 Å². The highest BCUT2D eigenvalue weighted by atomic mass is 32.1. The zero-order chi connectivity index (χ0) is 14.8. The minimum absolute atomic E-state index is 0.0302. The first kappa shape index (κ1) is 16.7. The molecule has 0 aliphatic rings. The Morgan fingerprint density at radius 2 is 1.75 bits per heavy atom. The number of hydrogen-bond donors (Lipinski definition) is 2. The Bertz CT molecular complexity index is 429. The van der Waals surface area contributed by atoms with Crippen molar-refractivity contribution in [3.63, 3.8) is 0 Å². The SMILES string of the molecule is CCCCCCCCCC(=O)Nc1ccc(C(=O)O)s1. The molecule has 0 bridgehead atoms. The number of amides is 1. The Labute approximate surface area is 124 Å². The van der Waals surface area contributed by atoms with Gasteiger partial charge in [-0.25, -0.2) is 4.79 Å². The topological polar surface area (TPSA) is 66.4 Å². The molecule has 0 saturated carbocycles. The molecule has 0 fully saturated rings. The summed E-state index contributed by atoms with van der Waals surface area (Å²) in [6.45, 7) is 2.20. The molecule has 112 valence electrons. The maximum absolute atomic E-state index is 11.7. The second kappa shape index (κ2) is 9.53. The maximum atomic E-state index is 11.7. The number of carboxylic acid groups (broad SMARTS) is 1. The molecule has 0 aliphatic heterocycles. The van der Waals surface area contributed by atoms with Gasteiger partial charge in [0, 0.05) is 6.42 Å². The third-order valence-corrected chi connectivity index (χ3v) is 4.08. The van der Waals surface area contributed by atoms with Crippen LogP contribution in [0.5, 0.6) is 0 Å². The normalized spacial score (nSPS) is 10.4. The highest BCUT2D eigenvalue weighted by molar-refractivity contribution is 7.18. The molecule has 4 nitrogen and oxygen atoms in total. The lowest BCUT2D eigenvalue weighted by molar-refractivity contribution is -0.116. The molecule has 0 atom stereocenters. The van der Waals surface area contributed by atoms with Gasteiger partial charge in [0.25, 0.3) is 0 Å². The summed E-state index contributed by atoms with van der Waals surface area (Å²) in [6.07, 6.45) is 8.77. The number of unbranched alkanes of at least 4 members (excludes halogenated alkanes) is 6. The van der Waals surface area contributed by atoms with Gasteiger partial charge in [-0.15, -0.1) is 11.3 Å². The molecule has 1 rings (SSSR count). The highest BCUT2D eigenvalue weighted by Crippen LogP contribution is 2.22. The van der Waals surface area contributed by atoms with Gasteiger partial charge in [0.1, 0.15) is 4.88 Å². The number of thiophene rings is 1. The van der Waals surface area contributed by atoms with Crippen LogP contribution in [-0.2, 0) is 4.79 Å². The molecule has 5 heteroatoms. The van der Waals surface area contributed by atoms with Crippen LogP contribution in [0.4, 0.5) is 5.00 Å². The minimum atomic E-state index is -0.956. The maximum Gasteiger partial charge on any atom is 0.345 e. The van der Waals surface area contributed by atoms with Crippen molar-refractivity contribution in [2.45, 2.75) is 58.3 Å². The molecular weight excluding hydrogens is 274 g/mol. The molecule has 0 aromatic carbocycles. The molecule has 0 radical (unpaired) electrons. The molecule has 20 heavy (non-hydrogen) atoms. The van der Waals surface area contributed by atoms with Crippen LogP contribution < -0.4 is 5.32 Å². The Morgan fingerprint density at radius 1 is 1.10 bits per heavy atom. The fraction of sp³-hybridized carbons (Fsp3) is 0.600. The summed E-state index contributed by atoms with van der Waals surface area (Å²) in [4.78, 5) is 22.6. The van der Waals surface area contributed by atoms with Crippen LogP contribution in [0.3, 0.4) is 0 Å². The smallest absolute Gasteiger partial charge is 0.345 e.